The summed E-state index contributed by atoms with van der Waals surface area (Å²) in [6.45, 7) is 5.41. The van der Waals surface area contributed by atoms with Crippen LogP contribution in [0.3, 0.4) is 0 Å². The van der Waals surface area contributed by atoms with Gasteiger partial charge in [-0.05, 0) is 74.1 Å². The number of hydrogen-bond acceptors (Lipinski definition) is 7. The van der Waals surface area contributed by atoms with E-state index in [1.54, 1.807) is 25.4 Å². The summed E-state index contributed by atoms with van der Waals surface area (Å²) in [5, 5.41) is 18.2. The number of thiocarbonyl (C=S) groups is 1. The van der Waals surface area contributed by atoms with Crippen molar-refractivity contribution in [3.63, 3.8) is 0 Å². The highest BCUT2D eigenvalue weighted by atomic mass is 32.1. The number of pyridine rings is 1. The molecule has 2 atom stereocenters. The van der Waals surface area contributed by atoms with Gasteiger partial charge in [-0.1, -0.05) is 6.07 Å². The van der Waals surface area contributed by atoms with E-state index in [1.165, 1.54) is 26.2 Å². The van der Waals surface area contributed by atoms with Crippen molar-refractivity contribution in [2.75, 3.05) is 24.4 Å². The van der Waals surface area contributed by atoms with Crippen LogP contribution in [0.25, 0.3) is 5.69 Å². The van der Waals surface area contributed by atoms with Crippen molar-refractivity contribution in [3.8, 4) is 17.2 Å². The maximum Gasteiger partial charge on any atom is 0.273 e. The lowest BCUT2D eigenvalue weighted by molar-refractivity contribution is -0.384. The molecular formula is C30H30N6O5S. The van der Waals surface area contributed by atoms with Crippen LogP contribution in [0.2, 0.25) is 0 Å². The normalized spacial score (nSPS) is 16.2. The number of nitro benzene ring substituents is 1. The molecule has 0 unspecified atom stereocenters. The van der Waals surface area contributed by atoms with Crippen molar-refractivity contribution in [3.05, 3.63) is 99.6 Å². The fraction of sp³-hybridized carbons (Fsp3) is 0.233. The lowest BCUT2D eigenvalue weighted by Crippen LogP contribution is -2.29. The van der Waals surface area contributed by atoms with E-state index in [4.69, 9.17) is 21.7 Å². The van der Waals surface area contributed by atoms with E-state index in [0.717, 1.165) is 28.3 Å². The van der Waals surface area contributed by atoms with Gasteiger partial charge >= 0.3 is 0 Å². The summed E-state index contributed by atoms with van der Waals surface area (Å²) in [6, 6.07) is 17.3. The minimum absolute atomic E-state index is 0.0560. The molecule has 1 aliphatic heterocycles. The second kappa shape index (κ2) is 11.5. The van der Waals surface area contributed by atoms with Gasteiger partial charge < -0.3 is 29.6 Å². The number of nitro groups is 1. The van der Waals surface area contributed by atoms with Gasteiger partial charge in [-0.15, -0.1) is 0 Å². The molecule has 12 heteroatoms. The summed E-state index contributed by atoms with van der Waals surface area (Å²) >= 11 is 5.90. The van der Waals surface area contributed by atoms with E-state index in [-0.39, 0.29) is 23.7 Å². The first-order valence-corrected chi connectivity index (χ1v) is 13.5. The lowest BCUT2D eigenvalue weighted by atomic mass is 9.96. The molecular weight excluding hydrogens is 556 g/mol. The second-order valence-electron chi connectivity index (χ2n) is 9.84. The molecule has 1 amide bonds. The van der Waals surface area contributed by atoms with Crippen molar-refractivity contribution >= 4 is 40.3 Å². The number of nitrogens with zero attached hydrogens (tertiary/aromatic N) is 4. The number of non-ortho nitro benzene ring substituents is 1. The predicted octanol–water partition coefficient (Wildman–Crippen LogP) is 5.55. The van der Waals surface area contributed by atoms with E-state index in [0.29, 0.717) is 28.0 Å². The summed E-state index contributed by atoms with van der Waals surface area (Å²) in [5.74, 6) is 0.676. The third-order valence-electron chi connectivity index (χ3n) is 7.27. The Morgan fingerprint density at radius 1 is 1.07 bits per heavy atom. The Morgan fingerprint density at radius 3 is 2.48 bits per heavy atom. The smallest absolute Gasteiger partial charge is 0.273 e. The molecule has 2 aromatic carbocycles. The first kappa shape index (κ1) is 28.6. The van der Waals surface area contributed by atoms with Crippen molar-refractivity contribution in [1.29, 1.82) is 0 Å². The van der Waals surface area contributed by atoms with Gasteiger partial charge in [-0.2, -0.15) is 0 Å². The highest BCUT2D eigenvalue weighted by Gasteiger charge is 2.42. The minimum Gasteiger partial charge on any atom is -0.495 e. The van der Waals surface area contributed by atoms with Crippen molar-refractivity contribution in [1.82, 2.24) is 14.9 Å². The van der Waals surface area contributed by atoms with Gasteiger partial charge in [0.15, 0.2) is 5.11 Å². The van der Waals surface area contributed by atoms with E-state index < -0.39 is 4.92 Å². The van der Waals surface area contributed by atoms with Gasteiger partial charge in [0, 0.05) is 36.3 Å². The molecule has 0 aliphatic carbocycles. The highest BCUT2D eigenvalue weighted by Crippen LogP contribution is 2.45. The van der Waals surface area contributed by atoms with E-state index in [9.17, 15) is 14.9 Å². The highest BCUT2D eigenvalue weighted by molar-refractivity contribution is 7.80. The summed E-state index contributed by atoms with van der Waals surface area (Å²) in [5.41, 5.74) is 5.47. The average Bonchev–Trinajstić information content (AvgIpc) is 3.47. The number of rotatable bonds is 8. The zero-order chi connectivity index (χ0) is 30.1. The molecule has 0 bridgehead atoms. The quantitative estimate of drug-likeness (QED) is 0.155. The molecule has 0 saturated carbocycles. The van der Waals surface area contributed by atoms with Crippen molar-refractivity contribution in [2.24, 2.45) is 0 Å². The molecule has 216 valence electrons. The third kappa shape index (κ3) is 5.12. The van der Waals surface area contributed by atoms with E-state index >= 15 is 0 Å². The van der Waals surface area contributed by atoms with Crippen LogP contribution < -0.4 is 25.0 Å². The van der Waals surface area contributed by atoms with Gasteiger partial charge in [0.05, 0.1) is 54.4 Å². The predicted molar refractivity (Wildman–Crippen MR) is 164 cm³/mol. The van der Waals surface area contributed by atoms with Gasteiger partial charge in [-0.3, -0.25) is 19.9 Å². The molecule has 1 aliphatic rings. The maximum atomic E-state index is 12.0. The second-order valence-corrected chi connectivity index (χ2v) is 10.2. The lowest BCUT2D eigenvalue weighted by Gasteiger charge is -2.29. The fourth-order valence-electron chi connectivity index (χ4n) is 5.50. The molecule has 11 nitrogen and oxygen atoms in total. The molecule has 1 fully saturated rings. The third-order valence-corrected chi connectivity index (χ3v) is 7.59. The average molecular weight is 587 g/mol. The number of carbonyl (C=O) groups is 1. The van der Waals surface area contributed by atoms with E-state index in [1.807, 2.05) is 53.6 Å². The Labute approximate surface area is 248 Å². The molecule has 5 rings (SSSR count). The van der Waals surface area contributed by atoms with Gasteiger partial charge in [0.2, 0.25) is 5.91 Å². The van der Waals surface area contributed by atoms with Crippen molar-refractivity contribution < 1.29 is 19.2 Å². The monoisotopic (exact) mass is 586 g/mol. The van der Waals surface area contributed by atoms with Crippen LogP contribution in [0.1, 0.15) is 41.7 Å². The number of amides is 1. The molecule has 2 N–H and O–H groups in total. The summed E-state index contributed by atoms with van der Waals surface area (Å²) < 4.78 is 13.1. The van der Waals surface area contributed by atoms with Crippen LogP contribution in [-0.4, -0.2) is 39.7 Å². The number of benzene rings is 2. The maximum absolute atomic E-state index is 12.0. The largest absolute Gasteiger partial charge is 0.495 e. The zero-order valence-corrected chi connectivity index (χ0v) is 24.6. The Kier molecular flexibility index (Phi) is 7.81. The number of hydrogen-bond donors (Lipinski definition) is 2. The fourth-order valence-corrected chi connectivity index (χ4v) is 5.85. The zero-order valence-electron chi connectivity index (χ0n) is 23.7. The van der Waals surface area contributed by atoms with Gasteiger partial charge in [-0.25, -0.2) is 0 Å². The standard InChI is InChI=1S/C30H30N6O5S/c1-17-14-22(18(2)34(17)25-11-9-21(36(38)39)16-27(25)41-5)29-28(23-8-6-7-13-31-23)33-30(42)35(29)20-10-12-26(40-4)24(15-20)32-19(3)37/h6-16,28-29H,1-5H3,(H,32,37)(H,33,42)/t28-,29-/m0/s1. The van der Waals surface area contributed by atoms with Crippen LogP contribution in [0.5, 0.6) is 11.5 Å². The first-order chi connectivity index (χ1) is 20.1. The number of aromatic nitrogens is 2. The Hall–Kier alpha value is -4.97. The summed E-state index contributed by atoms with van der Waals surface area (Å²) in [6.07, 6.45) is 1.74. The Balaban J connectivity index is 1.69. The molecule has 1 saturated heterocycles. The van der Waals surface area contributed by atoms with Crippen LogP contribution >= 0.6 is 12.2 Å². The molecule has 2 aromatic heterocycles. The summed E-state index contributed by atoms with van der Waals surface area (Å²) in [4.78, 5) is 29.6. The number of ether oxygens (including phenoxy) is 2. The minimum atomic E-state index is -0.447. The molecule has 42 heavy (non-hydrogen) atoms. The SMILES string of the molecule is COc1ccc(N2C(=S)N[C@@H](c3ccccn3)[C@@H]2c2cc(C)n(-c3ccc([N+](=O)[O-])cc3OC)c2C)cc1NC(C)=O. The Bertz CT molecular complexity index is 1690. The number of carbonyl (C=O) groups excluding carboxylic acids is 1. The van der Waals surface area contributed by atoms with Crippen LogP contribution in [0.15, 0.2) is 66.9 Å². The van der Waals surface area contributed by atoms with Crippen LogP contribution in [0.4, 0.5) is 17.1 Å². The number of methoxy groups -OCH3 is 2. The molecule has 0 radical (unpaired) electrons. The van der Waals surface area contributed by atoms with Crippen LogP contribution in [0, 0.1) is 24.0 Å². The van der Waals surface area contributed by atoms with Crippen LogP contribution in [-0.2, 0) is 4.79 Å². The molecule has 4 aromatic rings. The van der Waals surface area contributed by atoms with Gasteiger partial charge in [0.25, 0.3) is 5.69 Å². The number of nitrogens with one attached hydrogen (secondary N) is 2. The number of anilines is 2. The number of aryl methyl sites for hydroxylation is 1. The molecule has 3 heterocycles. The Morgan fingerprint density at radius 2 is 1.83 bits per heavy atom. The summed E-state index contributed by atoms with van der Waals surface area (Å²) in [7, 11) is 3.04. The first-order valence-electron chi connectivity index (χ1n) is 13.1. The molecule has 0 spiro atoms. The van der Waals surface area contributed by atoms with E-state index in [2.05, 4.69) is 21.7 Å². The van der Waals surface area contributed by atoms with Crippen molar-refractivity contribution in [2.45, 2.75) is 32.9 Å². The topological polar surface area (TPSA) is 124 Å². The van der Waals surface area contributed by atoms with Gasteiger partial charge in [0.1, 0.15) is 11.5 Å².